The van der Waals surface area contributed by atoms with E-state index in [1.54, 1.807) is 49.4 Å². The first-order valence-electron chi connectivity index (χ1n) is 10.1. The molecule has 1 amide bonds. The molecule has 34 heavy (non-hydrogen) atoms. The SMILES string of the molecule is COc1ccc(Br)cc1/C=N\NC(=O)CN(c1cccc(Cl)c1C)S(=O)(=O)c1ccc(C)cc1. The van der Waals surface area contributed by atoms with Crippen LogP contribution >= 0.6 is 27.5 Å². The molecule has 0 unspecified atom stereocenters. The summed E-state index contributed by atoms with van der Waals surface area (Å²) in [7, 11) is -2.53. The van der Waals surface area contributed by atoms with Crippen molar-refractivity contribution in [2.24, 2.45) is 5.10 Å². The first-order valence-corrected chi connectivity index (χ1v) is 12.7. The molecule has 1 N–H and O–H groups in total. The summed E-state index contributed by atoms with van der Waals surface area (Å²) in [4.78, 5) is 12.8. The monoisotopic (exact) mass is 563 g/mol. The quantitative estimate of drug-likeness (QED) is 0.306. The minimum atomic E-state index is -4.06. The van der Waals surface area contributed by atoms with Crippen LogP contribution < -0.4 is 14.5 Å². The predicted octanol–water partition coefficient (Wildman–Crippen LogP) is 5.07. The molecule has 0 atom stereocenters. The third-order valence-electron chi connectivity index (χ3n) is 4.99. The van der Waals surface area contributed by atoms with Crippen molar-refractivity contribution < 1.29 is 17.9 Å². The summed E-state index contributed by atoms with van der Waals surface area (Å²) < 4.78 is 34.1. The van der Waals surface area contributed by atoms with Crippen LogP contribution in [0.5, 0.6) is 5.75 Å². The molecule has 0 aliphatic rings. The van der Waals surface area contributed by atoms with Gasteiger partial charge in [0.05, 0.1) is 23.9 Å². The summed E-state index contributed by atoms with van der Waals surface area (Å²) in [6.07, 6.45) is 1.42. The van der Waals surface area contributed by atoms with Crippen molar-refractivity contribution in [1.82, 2.24) is 5.43 Å². The molecular weight excluding hydrogens is 542 g/mol. The molecular formula is C24H23BrClN3O4S. The number of benzene rings is 3. The number of methoxy groups -OCH3 is 1. The van der Waals surface area contributed by atoms with Crippen molar-refractivity contribution in [2.45, 2.75) is 18.7 Å². The van der Waals surface area contributed by atoms with E-state index >= 15 is 0 Å². The third-order valence-corrected chi connectivity index (χ3v) is 7.67. The number of halogens is 2. The Morgan fingerprint density at radius 2 is 1.85 bits per heavy atom. The van der Waals surface area contributed by atoms with Gasteiger partial charge in [-0.05, 0) is 61.9 Å². The van der Waals surface area contributed by atoms with Gasteiger partial charge in [0.15, 0.2) is 0 Å². The van der Waals surface area contributed by atoms with E-state index in [0.717, 1.165) is 14.3 Å². The number of nitrogens with one attached hydrogen (secondary N) is 1. The van der Waals surface area contributed by atoms with Crippen molar-refractivity contribution in [3.05, 3.63) is 86.8 Å². The van der Waals surface area contributed by atoms with Crippen LogP contribution in [0.4, 0.5) is 5.69 Å². The zero-order valence-electron chi connectivity index (χ0n) is 18.7. The van der Waals surface area contributed by atoms with E-state index in [1.807, 2.05) is 13.0 Å². The standard InChI is InChI=1S/C24H23BrClN3O4S/c1-16-7-10-20(11-8-16)34(31,32)29(22-6-4-5-21(26)17(22)2)15-24(30)28-27-14-18-13-19(25)9-12-23(18)33-3/h4-14H,15H2,1-3H3,(H,28,30)/b27-14-. The highest BCUT2D eigenvalue weighted by Gasteiger charge is 2.28. The third kappa shape index (κ3) is 5.97. The second-order valence-electron chi connectivity index (χ2n) is 7.39. The molecule has 3 aromatic carbocycles. The zero-order chi connectivity index (χ0) is 24.9. The molecule has 178 valence electrons. The van der Waals surface area contributed by atoms with Gasteiger partial charge >= 0.3 is 0 Å². The van der Waals surface area contributed by atoms with Crippen LogP contribution in [0.1, 0.15) is 16.7 Å². The topological polar surface area (TPSA) is 88.1 Å². The van der Waals surface area contributed by atoms with Crippen LogP contribution in [-0.4, -0.2) is 34.2 Å². The van der Waals surface area contributed by atoms with Crippen molar-refractivity contribution in [1.29, 1.82) is 0 Å². The Kier molecular flexibility index (Phi) is 8.35. The highest BCUT2D eigenvalue weighted by molar-refractivity contribution is 9.10. The number of aryl methyl sites for hydroxylation is 1. The molecule has 3 rings (SSSR count). The second-order valence-corrected chi connectivity index (χ2v) is 10.6. The Balaban J connectivity index is 1.90. The lowest BCUT2D eigenvalue weighted by atomic mass is 10.2. The molecule has 0 bridgehead atoms. The molecule has 0 radical (unpaired) electrons. The Morgan fingerprint density at radius 1 is 1.15 bits per heavy atom. The smallest absolute Gasteiger partial charge is 0.264 e. The van der Waals surface area contributed by atoms with Crippen LogP contribution in [0.2, 0.25) is 5.02 Å². The van der Waals surface area contributed by atoms with Crippen molar-refractivity contribution in [3.8, 4) is 5.75 Å². The maximum Gasteiger partial charge on any atom is 0.264 e. The summed E-state index contributed by atoms with van der Waals surface area (Å²) in [5.41, 5.74) is 4.78. The average molecular weight is 565 g/mol. The number of ether oxygens (including phenoxy) is 1. The van der Waals surface area contributed by atoms with E-state index in [4.69, 9.17) is 16.3 Å². The van der Waals surface area contributed by atoms with Gasteiger partial charge in [0.2, 0.25) is 0 Å². The van der Waals surface area contributed by atoms with Gasteiger partial charge in [0, 0.05) is 15.1 Å². The maximum absolute atomic E-state index is 13.5. The normalized spacial score (nSPS) is 11.4. The summed E-state index contributed by atoms with van der Waals surface area (Å²) in [5, 5.41) is 4.36. The van der Waals surface area contributed by atoms with Crippen molar-refractivity contribution >= 4 is 55.4 Å². The van der Waals surface area contributed by atoms with Gasteiger partial charge < -0.3 is 4.74 Å². The van der Waals surface area contributed by atoms with Crippen LogP contribution in [0.15, 0.2) is 75.1 Å². The van der Waals surface area contributed by atoms with Crippen LogP contribution in [0, 0.1) is 13.8 Å². The van der Waals surface area contributed by atoms with Crippen LogP contribution in [0.25, 0.3) is 0 Å². The Morgan fingerprint density at radius 3 is 2.53 bits per heavy atom. The van der Waals surface area contributed by atoms with Crippen molar-refractivity contribution in [3.63, 3.8) is 0 Å². The van der Waals surface area contributed by atoms with E-state index in [1.165, 1.54) is 25.5 Å². The molecule has 0 saturated carbocycles. The van der Waals surface area contributed by atoms with Gasteiger partial charge in [-0.2, -0.15) is 5.10 Å². The first-order chi connectivity index (χ1) is 16.1. The lowest BCUT2D eigenvalue weighted by Crippen LogP contribution is -2.40. The van der Waals surface area contributed by atoms with Gasteiger partial charge in [-0.3, -0.25) is 9.10 Å². The number of hydrogen-bond acceptors (Lipinski definition) is 5. The first kappa shape index (κ1) is 25.7. The predicted molar refractivity (Wildman–Crippen MR) is 138 cm³/mol. The summed E-state index contributed by atoms with van der Waals surface area (Å²) in [5.74, 6) is -0.0559. The largest absolute Gasteiger partial charge is 0.496 e. The van der Waals surface area contributed by atoms with Gasteiger partial charge in [-0.1, -0.05) is 51.3 Å². The minimum Gasteiger partial charge on any atom is -0.496 e. The maximum atomic E-state index is 13.5. The lowest BCUT2D eigenvalue weighted by molar-refractivity contribution is -0.119. The number of anilines is 1. The average Bonchev–Trinajstić information content (AvgIpc) is 2.80. The Bertz CT molecular complexity index is 1330. The molecule has 0 aromatic heterocycles. The number of carbonyl (C=O) groups is 1. The Labute approximate surface area is 212 Å². The molecule has 7 nitrogen and oxygen atoms in total. The van der Waals surface area contributed by atoms with E-state index < -0.39 is 22.5 Å². The molecule has 0 heterocycles. The molecule has 3 aromatic rings. The summed E-state index contributed by atoms with van der Waals surface area (Å²) in [6.45, 7) is 3.07. The number of amides is 1. The molecule has 0 saturated heterocycles. The highest BCUT2D eigenvalue weighted by Crippen LogP contribution is 2.31. The number of carbonyl (C=O) groups excluding carboxylic acids is 1. The fraction of sp³-hybridized carbons (Fsp3) is 0.167. The number of hydrazone groups is 1. The van der Waals surface area contributed by atoms with E-state index in [-0.39, 0.29) is 4.90 Å². The van der Waals surface area contributed by atoms with Gasteiger partial charge in [0.25, 0.3) is 15.9 Å². The van der Waals surface area contributed by atoms with Crippen LogP contribution in [-0.2, 0) is 14.8 Å². The Hall–Kier alpha value is -2.88. The van der Waals surface area contributed by atoms with E-state index in [2.05, 4.69) is 26.5 Å². The van der Waals surface area contributed by atoms with Crippen LogP contribution in [0.3, 0.4) is 0 Å². The number of nitrogens with zero attached hydrogens (tertiary/aromatic N) is 2. The van der Waals surface area contributed by atoms with Crippen molar-refractivity contribution in [2.75, 3.05) is 18.0 Å². The molecule has 10 heteroatoms. The molecule has 0 spiro atoms. The minimum absolute atomic E-state index is 0.0626. The summed E-state index contributed by atoms with van der Waals surface area (Å²) in [6, 6.07) is 16.7. The molecule has 0 aliphatic heterocycles. The lowest BCUT2D eigenvalue weighted by Gasteiger charge is -2.25. The zero-order valence-corrected chi connectivity index (χ0v) is 21.9. The molecule has 0 fully saturated rings. The van der Waals surface area contributed by atoms with Gasteiger partial charge in [-0.15, -0.1) is 0 Å². The van der Waals surface area contributed by atoms with Gasteiger partial charge in [0.1, 0.15) is 12.3 Å². The summed E-state index contributed by atoms with van der Waals surface area (Å²) >= 11 is 9.62. The second kappa shape index (κ2) is 11.0. The fourth-order valence-electron chi connectivity index (χ4n) is 3.15. The molecule has 0 aliphatic carbocycles. The fourth-order valence-corrected chi connectivity index (χ4v) is 5.18. The highest BCUT2D eigenvalue weighted by atomic mass is 79.9. The van der Waals surface area contributed by atoms with Gasteiger partial charge in [-0.25, -0.2) is 13.8 Å². The number of hydrogen-bond donors (Lipinski definition) is 1. The van der Waals surface area contributed by atoms with E-state index in [9.17, 15) is 13.2 Å². The number of sulfonamides is 1. The number of rotatable bonds is 8. The van der Waals surface area contributed by atoms with E-state index in [0.29, 0.717) is 27.6 Å².